The van der Waals surface area contributed by atoms with E-state index in [1.165, 1.54) is 18.5 Å². The van der Waals surface area contributed by atoms with Crippen molar-refractivity contribution >= 4 is 5.91 Å². The molecule has 2 aromatic heterocycles. The first-order chi connectivity index (χ1) is 8.18. The van der Waals surface area contributed by atoms with Gasteiger partial charge in [0.1, 0.15) is 11.6 Å². The molecule has 2 aromatic rings. The van der Waals surface area contributed by atoms with Crippen molar-refractivity contribution < 1.29 is 9.90 Å². The smallest absolute Gasteiger partial charge is 0.255 e. The van der Waals surface area contributed by atoms with Crippen molar-refractivity contribution in [3.8, 4) is 5.75 Å². The molecule has 0 aliphatic rings. The first-order valence-electron chi connectivity index (χ1n) is 5.11. The molecule has 0 aliphatic heterocycles. The van der Waals surface area contributed by atoms with E-state index in [1.54, 1.807) is 19.3 Å². The number of nitrogens with one attached hydrogen (secondary N) is 2. The quantitative estimate of drug-likeness (QED) is 0.736. The number of hydrogen-bond donors (Lipinski definition) is 3. The average Bonchev–Trinajstić information content (AvgIpc) is 2.82. The number of imidazole rings is 1. The number of hydrogen-bond acceptors (Lipinski definition) is 4. The molecule has 6 heteroatoms. The molecule has 1 atom stereocenters. The molecule has 88 valence electrons. The van der Waals surface area contributed by atoms with Crippen LogP contribution in [0, 0.1) is 0 Å². The average molecular weight is 232 g/mol. The Balaban J connectivity index is 2.10. The van der Waals surface area contributed by atoms with Crippen molar-refractivity contribution in [2.75, 3.05) is 0 Å². The predicted octanol–water partition coefficient (Wildman–Crippen LogP) is 1.00. The molecule has 1 unspecified atom stereocenters. The van der Waals surface area contributed by atoms with Crippen LogP contribution in [-0.4, -0.2) is 26.0 Å². The topological polar surface area (TPSA) is 90.9 Å². The van der Waals surface area contributed by atoms with E-state index in [1.807, 2.05) is 0 Å². The minimum absolute atomic E-state index is 0.142. The van der Waals surface area contributed by atoms with Gasteiger partial charge in [-0.2, -0.15) is 0 Å². The lowest BCUT2D eigenvalue weighted by Crippen LogP contribution is -2.27. The highest BCUT2D eigenvalue weighted by atomic mass is 16.3. The Bertz CT molecular complexity index is 510. The van der Waals surface area contributed by atoms with Gasteiger partial charge in [-0.25, -0.2) is 4.98 Å². The number of aromatic hydroxyl groups is 1. The Morgan fingerprint density at radius 2 is 2.35 bits per heavy atom. The second kappa shape index (κ2) is 4.65. The lowest BCUT2D eigenvalue weighted by molar-refractivity contribution is 0.0935. The van der Waals surface area contributed by atoms with Crippen molar-refractivity contribution in [2.24, 2.45) is 0 Å². The van der Waals surface area contributed by atoms with Crippen LogP contribution in [0.25, 0.3) is 0 Å². The van der Waals surface area contributed by atoms with Crippen molar-refractivity contribution in [3.63, 3.8) is 0 Å². The predicted molar refractivity (Wildman–Crippen MR) is 60.4 cm³/mol. The Morgan fingerprint density at radius 3 is 3.00 bits per heavy atom. The van der Waals surface area contributed by atoms with Crippen LogP contribution in [0.4, 0.5) is 0 Å². The number of aromatic nitrogens is 3. The molecule has 2 heterocycles. The van der Waals surface area contributed by atoms with E-state index in [0.29, 0.717) is 5.82 Å². The first-order valence-corrected chi connectivity index (χ1v) is 5.11. The molecule has 0 saturated heterocycles. The van der Waals surface area contributed by atoms with Crippen molar-refractivity contribution in [1.82, 2.24) is 20.3 Å². The van der Waals surface area contributed by atoms with E-state index < -0.39 is 0 Å². The second-order valence-corrected chi connectivity index (χ2v) is 3.56. The monoisotopic (exact) mass is 232 g/mol. The van der Waals surface area contributed by atoms with Gasteiger partial charge in [0, 0.05) is 18.6 Å². The van der Waals surface area contributed by atoms with Gasteiger partial charge in [-0.05, 0) is 13.0 Å². The van der Waals surface area contributed by atoms with Crippen LogP contribution in [0.15, 0.2) is 30.9 Å². The van der Waals surface area contributed by atoms with E-state index in [9.17, 15) is 9.90 Å². The number of rotatable bonds is 3. The molecule has 0 fully saturated rings. The largest absolute Gasteiger partial charge is 0.505 e. The molecular weight excluding hydrogens is 220 g/mol. The van der Waals surface area contributed by atoms with Gasteiger partial charge < -0.3 is 15.4 Å². The van der Waals surface area contributed by atoms with E-state index in [4.69, 9.17) is 0 Å². The van der Waals surface area contributed by atoms with E-state index in [2.05, 4.69) is 20.3 Å². The maximum absolute atomic E-state index is 11.8. The summed E-state index contributed by atoms with van der Waals surface area (Å²) in [7, 11) is 0. The lowest BCUT2D eigenvalue weighted by atomic mass is 10.2. The summed E-state index contributed by atoms with van der Waals surface area (Å²) >= 11 is 0. The zero-order valence-electron chi connectivity index (χ0n) is 9.21. The number of carbonyl (C=O) groups is 1. The SMILES string of the molecule is CC(NC(=O)c1ccncc1O)c1ncc[nH]1. The Labute approximate surface area is 97.7 Å². The van der Waals surface area contributed by atoms with Gasteiger partial charge in [0.2, 0.25) is 0 Å². The maximum Gasteiger partial charge on any atom is 0.255 e. The third-order valence-electron chi connectivity index (χ3n) is 2.32. The van der Waals surface area contributed by atoms with Gasteiger partial charge in [0.15, 0.2) is 0 Å². The minimum Gasteiger partial charge on any atom is -0.505 e. The van der Waals surface area contributed by atoms with Crippen LogP contribution in [0.2, 0.25) is 0 Å². The summed E-state index contributed by atoms with van der Waals surface area (Å²) in [5.41, 5.74) is 0.193. The van der Waals surface area contributed by atoms with Gasteiger partial charge in [-0.15, -0.1) is 0 Å². The molecule has 0 saturated carbocycles. The maximum atomic E-state index is 11.8. The molecule has 0 aromatic carbocycles. The van der Waals surface area contributed by atoms with Crippen LogP contribution in [0.1, 0.15) is 29.1 Å². The van der Waals surface area contributed by atoms with E-state index in [-0.39, 0.29) is 23.3 Å². The van der Waals surface area contributed by atoms with E-state index >= 15 is 0 Å². The summed E-state index contributed by atoms with van der Waals surface area (Å²) in [5.74, 6) is 0.150. The Morgan fingerprint density at radius 1 is 1.53 bits per heavy atom. The van der Waals surface area contributed by atoms with Gasteiger partial charge in [-0.1, -0.05) is 0 Å². The van der Waals surface area contributed by atoms with Crippen molar-refractivity contribution in [3.05, 3.63) is 42.2 Å². The number of H-pyrrole nitrogens is 1. The van der Waals surface area contributed by atoms with Crippen LogP contribution in [0.5, 0.6) is 5.75 Å². The highest BCUT2D eigenvalue weighted by molar-refractivity contribution is 5.96. The minimum atomic E-state index is -0.367. The molecule has 6 nitrogen and oxygen atoms in total. The summed E-state index contributed by atoms with van der Waals surface area (Å²) in [4.78, 5) is 22.5. The first kappa shape index (κ1) is 11.1. The highest BCUT2D eigenvalue weighted by Gasteiger charge is 2.15. The number of aromatic amines is 1. The number of nitrogens with zero attached hydrogens (tertiary/aromatic N) is 2. The normalized spacial score (nSPS) is 12.1. The summed E-state index contributed by atoms with van der Waals surface area (Å²) in [6.45, 7) is 1.80. The molecule has 0 radical (unpaired) electrons. The van der Waals surface area contributed by atoms with Crippen molar-refractivity contribution in [2.45, 2.75) is 13.0 Å². The third kappa shape index (κ3) is 2.41. The molecule has 2 rings (SSSR count). The number of amides is 1. The van der Waals surface area contributed by atoms with Gasteiger partial charge in [0.05, 0.1) is 17.8 Å². The fourth-order valence-corrected chi connectivity index (χ4v) is 1.44. The number of carbonyl (C=O) groups excluding carboxylic acids is 1. The van der Waals surface area contributed by atoms with Gasteiger partial charge in [-0.3, -0.25) is 9.78 Å². The molecular formula is C11H12N4O2. The third-order valence-corrected chi connectivity index (χ3v) is 2.32. The van der Waals surface area contributed by atoms with Crippen LogP contribution in [-0.2, 0) is 0 Å². The van der Waals surface area contributed by atoms with Crippen molar-refractivity contribution in [1.29, 1.82) is 0 Å². The molecule has 0 aliphatic carbocycles. The van der Waals surface area contributed by atoms with E-state index in [0.717, 1.165) is 0 Å². The molecule has 1 amide bonds. The Hall–Kier alpha value is -2.37. The lowest BCUT2D eigenvalue weighted by Gasteiger charge is -2.11. The zero-order valence-corrected chi connectivity index (χ0v) is 9.21. The standard InChI is InChI=1S/C11H12N4O2/c1-7(10-13-4-5-14-10)15-11(17)8-2-3-12-6-9(8)16/h2-7,16H,1H3,(H,13,14)(H,15,17). The van der Waals surface area contributed by atoms with Crippen LogP contribution < -0.4 is 5.32 Å². The summed E-state index contributed by atoms with van der Waals surface area (Å²) in [6.07, 6.45) is 5.97. The molecule has 0 bridgehead atoms. The molecule has 17 heavy (non-hydrogen) atoms. The van der Waals surface area contributed by atoms with Gasteiger partial charge in [0.25, 0.3) is 5.91 Å². The Kier molecular flexibility index (Phi) is 3.04. The summed E-state index contributed by atoms with van der Waals surface area (Å²) in [5, 5.41) is 12.2. The number of pyridine rings is 1. The highest BCUT2D eigenvalue weighted by Crippen LogP contribution is 2.15. The van der Waals surface area contributed by atoms with Crippen LogP contribution >= 0.6 is 0 Å². The fraction of sp³-hybridized carbons (Fsp3) is 0.182. The second-order valence-electron chi connectivity index (χ2n) is 3.56. The molecule has 0 spiro atoms. The van der Waals surface area contributed by atoms with Crippen LogP contribution in [0.3, 0.4) is 0 Å². The molecule has 3 N–H and O–H groups in total. The zero-order chi connectivity index (χ0) is 12.3. The fourth-order valence-electron chi connectivity index (χ4n) is 1.44. The summed E-state index contributed by atoms with van der Waals surface area (Å²) < 4.78 is 0. The van der Waals surface area contributed by atoms with Gasteiger partial charge >= 0.3 is 0 Å². The summed E-state index contributed by atoms with van der Waals surface area (Å²) in [6, 6.07) is 1.20.